The topological polar surface area (TPSA) is 87.5 Å². The first-order valence-corrected chi connectivity index (χ1v) is 11.1. The van der Waals surface area contributed by atoms with Crippen LogP contribution in [0.4, 0.5) is 4.79 Å². The quantitative estimate of drug-likeness (QED) is 0.418. The summed E-state index contributed by atoms with van der Waals surface area (Å²) in [5.74, 6) is 1.18. The summed E-state index contributed by atoms with van der Waals surface area (Å²) < 4.78 is 6.94. The van der Waals surface area contributed by atoms with Crippen molar-refractivity contribution >= 4 is 33.5 Å². The Labute approximate surface area is 190 Å². The highest BCUT2D eigenvalue weighted by atomic mass is 32.1. The molecule has 0 radical (unpaired) electrons. The lowest BCUT2D eigenvalue weighted by atomic mass is 10.2. The number of para-hydroxylation sites is 1. The first-order valence-electron chi connectivity index (χ1n) is 10.3. The third-order valence-corrected chi connectivity index (χ3v) is 5.91. The highest BCUT2D eigenvalue weighted by Gasteiger charge is 2.12. The van der Waals surface area contributed by atoms with Crippen LogP contribution in [0.2, 0.25) is 0 Å². The molecule has 0 spiro atoms. The minimum absolute atomic E-state index is 0.158. The van der Waals surface area contributed by atoms with Crippen molar-refractivity contribution in [1.82, 2.24) is 20.5 Å². The second-order valence-corrected chi connectivity index (χ2v) is 8.38. The van der Waals surface area contributed by atoms with E-state index >= 15 is 0 Å². The van der Waals surface area contributed by atoms with Gasteiger partial charge in [-0.1, -0.05) is 42.5 Å². The summed E-state index contributed by atoms with van der Waals surface area (Å²) in [4.78, 5) is 30.5. The van der Waals surface area contributed by atoms with Crippen LogP contribution in [0.1, 0.15) is 17.7 Å². The fourth-order valence-electron chi connectivity index (χ4n) is 3.19. The van der Waals surface area contributed by atoms with Crippen molar-refractivity contribution in [2.24, 2.45) is 0 Å². The Morgan fingerprint density at radius 1 is 1.00 bits per heavy atom. The Bertz CT molecular complexity index is 1170. The van der Waals surface area contributed by atoms with Gasteiger partial charge in [0.05, 0.1) is 16.8 Å². The maximum atomic E-state index is 12.2. The van der Waals surface area contributed by atoms with E-state index in [1.807, 2.05) is 66.7 Å². The van der Waals surface area contributed by atoms with Gasteiger partial charge in [0.1, 0.15) is 5.76 Å². The minimum atomic E-state index is -0.215. The lowest BCUT2D eigenvalue weighted by Crippen LogP contribution is -2.38. The van der Waals surface area contributed by atoms with Gasteiger partial charge in [-0.15, -0.1) is 11.3 Å². The third kappa shape index (κ3) is 5.53. The molecule has 0 saturated carbocycles. The zero-order valence-electron chi connectivity index (χ0n) is 17.7. The maximum absolute atomic E-state index is 12.2. The average Bonchev–Trinajstić information content (AvgIpc) is 3.45. The second kappa shape index (κ2) is 10.1. The number of hydrogen-bond acceptors (Lipinski definition) is 5. The molecule has 0 aliphatic heterocycles. The van der Waals surface area contributed by atoms with Gasteiger partial charge in [-0.25, -0.2) is 9.78 Å². The third-order valence-electron chi connectivity index (χ3n) is 4.86. The highest BCUT2D eigenvalue weighted by Crippen LogP contribution is 2.31. The molecule has 4 rings (SSSR count). The molecule has 3 amide bonds. The number of amides is 3. The summed E-state index contributed by atoms with van der Waals surface area (Å²) in [5, 5.41) is 6.40. The van der Waals surface area contributed by atoms with Crippen LogP contribution >= 0.6 is 11.3 Å². The number of urea groups is 1. The molecule has 32 heavy (non-hydrogen) atoms. The smallest absolute Gasteiger partial charge is 0.317 e. The number of thiazole rings is 1. The number of nitrogens with one attached hydrogen (secondary N) is 2. The molecule has 0 aliphatic rings. The van der Waals surface area contributed by atoms with Crippen molar-refractivity contribution in [2.75, 3.05) is 13.6 Å². The van der Waals surface area contributed by atoms with Crippen LogP contribution in [0, 0.1) is 0 Å². The molecule has 7 nitrogen and oxygen atoms in total. The van der Waals surface area contributed by atoms with E-state index in [9.17, 15) is 9.59 Å². The van der Waals surface area contributed by atoms with Gasteiger partial charge >= 0.3 is 6.03 Å². The first-order chi connectivity index (χ1) is 15.6. The zero-order valence-corrected chi connectivity index (χ0v) is 18.5. The molecule has 2 heterocycles. The maximum Gasteiger partial charge on any atom is 0.317 e. The van der Waals surface area contributed by atoms with Crippen molar-refractivity contribution in [3.63, 3.8) is 0 Å². The standard InChI is InChI=1S/C24H24N4O3S/c1-28(16-17-7-3-2-4-8-17)24(30)25-14-13-22(29)26-15-18-11-12-20(31-18)23-27-19-9-5-6-10-21(19)32-23/h2-12H,13-16H2,1H3,(H,25,30)(H,26,29). The van der Waals surface area contributed by atoms with Gasteiger partial charge in [0, 0.05) is 26.6 Å². The Balaban J connectivity index is 1.19. The monoisotopic (exact) mass is 448 g/mol. The largest absolute Gasteiger partial charge is 0.457 e. The molecule has 0 aliphatic carbocycles. The Morgan fingerprint density at radius 3 is 2.59 bits per heavy atom. The zero-order chi connectivity index (χ0) is 22.3. The Hall–Kier alpha value is -3.65. The van der Waals surface area contributed by atoms with Crippen molar-refractivity contribution < 1.29 is 14.0 Å². The number of carbonyl (C=O) groups excluding carboxylic acids is 2. The lowest BCUT2D eigenvalue weighted by Gasteiger charge is -2.18. The fraction of sp³-hybridized carbons (Fsp3) is 0.208. The summed E-state index contributed by atoms with van der Waals surface area (Å²) >= 11 is 1.57. The molecule has 0 bridgehead atoms. The normalized spacial score (nSPS) is 10.8. The predicted molar refractivity (Wildman–Crippen MR) is 125 cm³/mol. The van der Waals surface area contributed by atoms with Crippen LogP contribution in [0.5, 0.6) is 0 Å². The van der Waals surface area contributed by atoms with Gasteiger partial charge in [0.15, 0.2) is 10.8 Å². The summed E-state index contributed by atoms with van der Waals surface area (Å²) in [6.45, 7) is 1.05. The second-order valence-electron chi connectivity index (χ2n) is 7.35. The number of benzene rings is 2. The number of nitrogens with zero attached hydrogens (tertiary/aromatic N) is 2. The van der Waals surface area contributed by atoms with Crippen LogP contribution in [0.15, 0.2) is 71.1 Å². The number of rotatable bonds is 8. The van der Waals surface area contributed by atoms with Gasteiger partial charge in [-0.3, -0.25) is 4.79 Å². The molecule has 8 heteroatoms. The van der Waals surface area contributed by atoms with E-state index in [0.717, 1.165) is 20.8 Å². The number of hydrogen-bond donors (Lipinski definition) is 2. The Morgan fingerprint density at radius 2 is 1.78 bits per heavy atom. The van der Waals surface area contributed by atoms with E-state index in [1.165, 1.54) is 0 Å². The van der Waals surface area contributed by atoms with E-state index < -0.39 is 0 Å². The van der Waals surface area contributed by atoms with Crippen LogP contribution in [-0.2, 0) is 17.9 Å². The molecule has 2 aromatic heterocycles. The van der Waals surface area contributed by atoms with Crippen molar-refractivity contribution in [1.29, 1.82) is 0 Å². The van der Waals surface area contributed by atoms with Crippen molar-refractivity contribution in [3.8, 4) is 10.8 Å². The average molecular weight is 449 g/mol. The van der Waals surface area contributed by atoms with Crippen LogP contribution in [-0.4, -0.2) is 35.4 Å². The molecule has 0 unspecified atom stereocenters. The van der Waals surface area contributed by atoms with E-state index in [2.05, 4.69) is 15.6 Å². The van der Waals surface area contributed by atoms with Crippen LogP contribution < -0.4 is 10.6 Å². The number of aromatic nitrogens is 1. The molecular formula is C24H24N4O3S. The molecular weight excluding hydrogens is 424 g/mol. The summed E-state index contributed by atoms with van der Waals surface area (Å²) in [7, 11) is 1.72. The minimum Gasteiger partial charge on any atom is -0.457 e. The molecule has 0 fully saturated rings. The van der Waals surface area contributed by atoms with Gasteiger partial charge < -0.3 is 20.0 Å². The highest BCUT2D eigenvalue weighted by molar-refractivity contribution is 7.21. The number of fused-ring (bicyclic) bond motifs is 1. The summed E-state index contributed by atoms with van der Waals surface area (Å²) in [6.07, 6.45) is 0.191. The van der Waals surface area contributed by atoms with Gasteiger partial charge in [0.25, 0.3) is 0 Å². The number of furan rings is 1. The SMILES string of the molecule is CN(Cc1ccccc1)C(=O)NCCC(=O)NCc1ccc(-c2nc3ccccc3s2)o1. The van der Waals surface area contributed by atoms with E-state index in [-0.39, 0.29) is 31.4 Å². The first kappa shape index (κ1) is 21.6. The van der Waals surface area contributed by atoms with Gasteiger partial charge in [-0.05, 0) is 29.8 Å². The van der Waals surface area contributed by atoms with E-state index in [0.29, 0.717) is 18.1 Å². The molecule has 164 valence electrons. The van der Waals surface area contributed by atoms with E-state index in [1.54, 1.807) is 23.3 Å². The van der Waals surface area contributed by atoms with Crippen molar-refractivity contribution in [3.05, 3.63) is 78.1 Å². The molecule has 4 aromatic rings. The van der Waals surface area contributed by atoms with Crippen molar-refractivity contribution in [2.45, 2.75) is 19.5 Å². The number of carbonyl (C=O) groups is 2. The Kier molecular flexibility index (Phi) is 6.81. The summed E-state index contributed by atoms with van der Waals surface area (Å²) in [6, 6.07) is 21.2. The molecule has 2 N–H and O–H groups in total. The summed E-state index contributed by atoms with van der Waals surface area (Å²) in [5.41, 5.74) is 1.99. The molecule has 2 aromatic carbocycles. The van der Waals surface area contributed by atoms with Gasteiger partial charge in [0.2, 0.25) is 5.91 Å². The molecule has 0 atom stereocenters. The van der Waals surface area contributed by atoms with Crippen LogP contribution in [0.25, 0.3) is 21.0 Å². The lowest BCUT2D eigenvalue weighted by molar-refractivity contribution is -0.121. The predicted octanol–water partition coefficient (Wildman–Crippen LogP) is 4.40. The van der Waals surface area contributed by atoms with Crippen LogP contribution in [0.3, 0.4) is 0 Å². The molecule has 0 saturated heterocycles. The van der Waals surface area contributed by atoms with Gasteiger partial charge in [-0.2, -0.15) is 0 Å². The van der Waals surface area contributed by atoms with E-state index in [4.69, 9.17) is 4.42 Å². The fourth-order valence-corrected chi connectivity index (χ4v) is 4.11.